The van der Waals surface area contributed by atoms with Crippen LogP contribution in [0.2, 0.25) is 0 Å². The molecule has 0 aromatic carbocycles. The van der Waals surface area contributed by atoms with Crippen LogP contribution in [0, 0.1) is 5.92 Å². The Morgan fingerprint density at radius 3 is 2.19 bits per heavy atom. The largest absolute Gasteiger partial charge is 0.450 e. The number of fused-ring (bicyclic) bond motifs is 2. The SMILES string of the molecule is CCOC(=O)N1CCC(C2c3ncccc3CCc3cccnc32)CC1. The molecule has 5 nitrogen and oxygen atoms in total. The summed E-state index contributed by atoms with van der Waals surface area (Å²) in [7, 11) is 0. The van der Waals surface area contributed by atoms with Crippen molar-refractivity contribution in [2.75, 3.05) is 19.7 Å². The number of carbonyl (C=O) groups excluding carboxylic acids is 1. The number of hydrogen-bond donors (Lipinski definition) is 0. The summed E-state index contributed by atoms with van der Waals surface area (Å²) < 4.78 is 5.16. The van der Waals surface area contributed by atoms with Gasteiger partial charge in [-0.2, -0.15) is 0 Å². The van der Waals surface area contributed by atoms with Gasteiger partial charge in [-0.15, -0.1) is 0 Å². The molecule has 0 spiro atoms. The first-order chi connectivity index (χ1) is 12.8. The average Bonchev–Trinajstić information content (AvgIpc) is 2.85. The zero-order chi connectivity index (χ0) is 17.9. The summed E-state index contributed by atoms with van der Waals surface area (Å²) in [4.78, 5) is 23.4. The molecule has 0 unspecified atom stereocenters. The van der Waals surface area contributed by atoms with Gasteiger partial charge in [0, 0.05) is 31.4 Å². The lowest BCUT2D eigenvalue weighted by Crippen LogP contribution is -2.40. The fourth-order valence-electron chi connectivity index (χ4n) is 4.36. The molecule has 2 aliphatic rings. The van der Waals surface area contributed by atoms with Gasteiger partial charge in [0.2, 0.25) is 0 Å². The van der Waals surface area contributed by atoms with Gasteiger partial charge in [0.15, 0.2) is 0 Å². The Morgan fingerprint density at radius 2 is 1.65 bits per heavy atom. The maximum Gasteiger partial charge on any atom is 0.409 e. The molecule has 3 heterocycles. The highest BCUT2D eigenvalue weighted by Crippen LogP contribution is 2.41. The lowest BCUT2D eigenvalue weighted by molar-refractivity contribution is 0.0898. The summed E-state index contributed by atoms with van der Waals surface area (Å²) >= 11 is 0. The van der Waals surface area contributed by atoms with Gasteiger partial charge >= 0.3 is 6.09 Å². The highest BCUT2D eigenvalue weighted by molar-refractivity contribution is 5.67. The normalized spacial score (nSPS) is 18.0. The third-order valence-corrected chi connectivity index (χ3v) is 5.64. The second-order valence-electron chi connectivity index (χ2n) is 7.10. The minimum atomic E-state index is -0.191. The Bertz CT molecular complexity index is 737. The molecule has 1 amide bonds. The zero-order valence-electron chi connectivity index (χ0n) is 15.2. The summed E-state index contributed by atoms with van der Waals surface area (Å²) in [6, 6.07) is 8.47. The van der Waals surface area contributed by atoms with E-state index in [0.717, 1.165) is 38.8 Å². The van der Waals surface area contributed by atoms with Crippen molar-refractivity contribution in [1.29, 1.82) is 0 Å². The van der Waals surface area contributed by atoms with Crippen LogP contribution in [0.15, 0.2) is 36.7 Å². The first-order valence-corrected chi connectivity index (χ1v) is 9.57. The molecule has 0 radical (unpaired) electrons. The monoisotopic (exact) mass is 351 g/mol. The Balaban J connectivity index is 1.63. The molecule has 1 saturated heterocycles. The molecule has 1 fully saturated rings. The lowest BCUT2D eigenvalue weighted by Gasteiger charge is -2.35. The van der Waals surface area contributed by atoms with Gasteiger partial charge < -0.3 is 9.64 Å². The van der Waals surface area contributed by atoms with Crippen LogP contribution in [0.4, 0.5) is 4.79 Å². The fraction of sp³-hybridized carbons (Fsp3) is 0.476. The molecule has 0 saturated carbocycles. The van der Waals surface area contributed by atoms with Gasteiger partial charge in [0.1, 0.15) is 0 Å². The van der Waals surface area contributed by atoms with E-state index < -0.39 is 0 Å². The van der Waals surface area contributed by atoms with E-state index in [1.807, 2.05) is 36.4 Å². The predicted octanol–water partition coefficient (Wildman–Crippen LogP) is 3.58. The number of ether oxygens (including phenoxy) is 1. The Kier molecular flexibility index (Phi) is 4.87. The Labute approximate surface area is 154 Å². The summed E-state index contributed by atoms with van der Waals surface area (Å²) in [6.45, 7) is 3.76. The highest BCUT2D eigenvalue weighted by atomic mass is 16.6. The number of aryl methyl sites for hydroxylation is 2. The van der Waals surface area contributed by atoms with Gasteiger partial charge in [0.25, 0.3) is 0 Å². The van der Waals surface area contributed by atoms with Crippen molar-refractivity contribution >= 4 is 6.09 Å². The number of pyridine rings is 2. The molecule has 0 atom stereocenters. The molecule has 26 heavy (non-hydrogen) atoms. The van der Waals surface area contributed by atoms with E-state index in [4.69, 9.17) is 14.7 Å². The van der Waals surface area contributed by atoms with E-state index >= 15 is 0 Å². The molecule has 2 aromatic heterocycles. The van der Waals surface area contributed by atoms with E-state index in [9.17, 15) is 4.79 Å². The molecular weight excluding hydrogens is 326 g/mol. The van der Waals surface area contributed by atoms with Crippen molar-refractivity contribution in [1.82, 2.24) is 14.9 Å². The first-order valence-electron chi connectivity index (χ1n) is 9.57. The molecule has 0 N–H and O–H groups in total. The molecule has 4 rings (SSSR count). The number of aromatic nitrogens is 2. The van der Waals surface area contributed by atoms with Crippen LogP contribution in [0.1, 0.15) is 48.2 Å². The van der Waals surface area contributed by atoms with Crippen molar-refractivity contribution in [3.05, 3.63) is 59.2 Å². The smallest absolute Gasteiger partial charge is 0.409 e. The van der Waals surface area contributed by atoms with Crippen molar-refractivity contribution in [2.45, 2.75) is 38.5 Å². The van der Waals surface area contributed by atoms with Crippen LogP contribution in [-0.4, -0.2) is 40.7 Å². The molecule has 0 bridgehead atoms. The van der Waals surface area contributed by atoms with Gasteiger partial charge in [-0.1, -0.05) is 12.1 Å². The Morgan fingerprint density at radius 1 is 1.08 bits per heavy atom. The van der Waals surface area contributed by atoms with Crippen molar-refractivity contribution < 1.29 is 9.53 Å². The van der Waals surface area contributed by atoms with Gasteiger partial charge in [-0.25, -0.2) is 4.79 Å². The number of likely N-dealkylation sites (tertiary alicyclic amines) is 1. The number of amides is 1. The fourth-order valence-corrected chi connectivity index (χ4v) is 4.36. The molecule has 1 aliphatic carbocycles. The van der Waals surface area contributed by atoms with Crippen LogP contribution in [-0.2, 0) is 17.6 Å². The summed E-state index contributed by atoms with van der Waals surface area (Å²) in [5, 5.41) is 0. The number of carbonyl (C=O) groups is 1. The zero-order valence-corrected chi connectivity index (χ0v) is 15.2. The third-order valence-electron chi connectivity index (χ3n) is 5.64. The summed E-state index contributed by atoms with van der Waals surface area (Å²) in [5.41, 5.74) is 5.03. The second-order valence-corrected chi connectivity index (χ2v) is 7.10. The third kappa shape index (κ3) is 3.18. The molecule has 2 aromatic rings. The van der Waals surface area contributed by atoms with Crippen molar-refractivity contribution in [3.8, 4) is 0 Å². The van der Waals surface area contributed by atoms with Crippen LogP contribution in [0.25, 0.3) is 0 Å². The molecular formula is C21H25N3O2. The van der Waals surface area contributed by atoms with Crippen molar-refractivity contribution in [2.24, 2.45) is 5.92 Å². The quantitative estimate of drug-likeness (QED) is 0.830. The maximum absolute atomic E-state index is 12.0. The number of hydrogen-bond acceptors (Lipinski definition) is 4. The molecule has 136 valence electrons. The van der Waals surface area contributed by atoms with Gasteiger partial charge in [-0.05, 0) is 61.8 Å². The standard InChI is InChI=1S/C21H25N3O2/c1-2-26-21(25)24-13-9-15(10-14-24)18-19-16(5-3-11-22-19)7-8-17-6-4-12-23-20(17)18/h3-6,11-12,15,18H,2,7-10,13-14H2,1H3. The summed E-state index contributed by atoms with van der Waals surface area (Å²) in [6.07, 6.45) is 7.54. The molecule has 1 aliphatic heterocycles. The van der Waals surface area contributed by atoms with Crippen LogP contribution >= 0.6 is 0 Å². The highest BCUT2D eigenvalue weighted by Gasteiger charge is 2.35. The summed E-state index contributed by atoms with van der Waals surface area (Å²) in [5.74, 6) is 0.662. The minimum absolute atomic E-state index is 0.191. The van der Waals surface area contributed by atoms with Gasteiger partial charge in [0.05, 0.1) is 18.0 Å². The van der Waals surface area contributed by atoms with Gasteiger partial charge in [-0.3, -0.25) is 9.97 Å². The van der Waals surface area contributed by atoms with E-state index in [1.165, 1.54) is 22.5 Å². The van der Waals surface area contributed by atoms with Crippen LogP contribution < -0.4 is 0 Å². The second kappa shape index (κ2) is 7.44. The lowest BCUT2D eigenvalue weighted by atomic mass is 9.78. The maximum atomic E-state index is 12.0. The van der Waals surface area contributed by atoms with E-state index in [0.29, 0.717) is 12.5 Å². The first kappa shape index (κ1) is 17.0. The molecule has 5 heteroatoms. The Hall–Kier alpha value is -2.43. The minimum Gasteiger partial charge on any atom is -0.450 e. The van der Waals surface area contributed by atoms with Crippen LogP contribution in [0.5, 0.6) is 0 Å². The number of piperidine rings is 1. The average molecular weight is 351 g/mol. The van der Waals surface area contributed by atoms with E-state index in [1.54, 1.807) is 0 Å². The topological polar surface area (TPSA) is 55.3 Å². The van der Waals surface area contributed by atoms with E-state index in [-0.39, 0.29) is 12.0 Å². The number of nitrogens with zero attached hydrogens (tertiary/aromatic N) is 3. The predicted molar refractivity (Wildman–Crippen MR) is 99.0 cm³/mol. The van der Waals surface area contributed by atoms with Crippen LogP contribution in [0.3, 0.4) is 0 Å². The van der Waals surface area contributed by atoms with E-state index in [2.05, 4.69) is 12.1 Å². The number of rotatable bonds is 2. The van der Waals surface area contributed by atoms with Crippen molar-refractivity contribution in [3.63, 3.8) is 0 Å².